The van der Waals surface area contributed by atoms with Gasteiger partial charge in [-0.3, -0.25) is 0 Å². The monoisotopic (exact) mass is 318 g/mol. The van der Waals surface area contributed by atoms with Crippen molar-refractivity contribution in [2.45, 2.75) is 50.8 Å². The highest BCUT2D eigenvalue weighted by molar-refractivity contribution is 7.91. The summed E-state index contributed by atoms with van der Waals surface area (Å²) < 4.78 is 27.3. The number of hydrogen-bond donors (Lipinski definition) is 2. The smallest absolute Gasteiger partial charge is 0.250 e. The fourth-order valence-electron chi connectivity index (χ4n) is 1.80. The lowest BCUT2D eigenvalue weighted by Crippen LogP contribution is -2.24. The van der Waals surface area contributed by atoms with Crippen LogP contribution in [0.3, 0.4) is 0 Å². The zero-order valence-corrected chi connectivity index (χ0v) is 14.2. The quantitative estimate of drug-likeness (QED) is 0.652. The van der Waals surface area contributed by atoms with E-state index in [1.807, 2.05) is 13.0 Å². The van der Waals surface area contributed by atoms with E-state index < -0.39 is 10.0 Å². The van der Waals surface area contributed by atoms with Crippen molar-refractivity contribution < 1.29 is 8.42 Å². The number of thiophene rings is 1. The van der Waals surface area contributed by atoms with Crippen molar-refractivity contribution in [3.63, 3.8) is 0 Å². The summed E-state index contributed by atoms with van der Waals surface area (Å²) in [6.07, 6.45) is 3.11. The average Bonchev–Trinajstić information content (AvgIpc) is 2.85. The Labute approximate surface area is 127 Å². The second kappa shape index (κ2) is 8.77. The van der Waals surface area contributed by atoms with Crippen molar-refractivity contribution in [1.29, 1.82) is 0 Å². The first-order valence-corrected chi connectivity index (χ1v) is 9.54. The lowest BCUT2D eigenvalue weighted by Gasteiger charge is -2.06. The van der Waals surface area contributed by atoms with Crippen LogP contribution in [0.5, 0.6) is 0 Å². The highest BCUT2D eigenvalue weighted by Gasteiger charge is 2.15. The molecule has 4 nitrogen and oxygen atoms in total. The second-order valence-corrected chi connectivity index (χ2v) is 8.45. The van der Waals surface area contributed by atoms with E-state index in [2.05, 4.69) is 23.9 Å². The molecule has 20 heavy (non-hydrogen) atoms. The third kappa shape index (κ3) is 6.35. The van der Waals surface area contributed by atoms with Gasteiger partial charge in [0.15, 0.2) is 0 Å². The first-order chi connectivity index (χ1) is 9.45. The molecule has 6 heteroatoms. The van der Waals surface area contributed by atoms with Crippen molar-refractivity contribution in [3.8, 4) is 0 Å². The summed E-state index contributed by atoms with van der Waals surface area (Å²) in [5, 5.41) is 3.19. The number of rotatable bonds is 10. The number of unbranched alkanes of at least 4 members (excludes halogenated alkanes) is 1. The molecule has 2 N–H and O–H groups in total. The lowest BCUT2D eigenvalue weighted by molar-refractivity contribution is 0.531. The van der Waals surface area contributed by atoms with Crippen LogP contribution in [0.25, 0.3) is 0 Å². The first kappa shape index (κ1) is 17.6. The number of hydrogen-bond acceptors (Lipinski definition) is 4. The van der Waals surface area contributed by atoms with E-state index in [4.69, 9.17) is 0 Å². The Balaban J connectivity index is 2.41. The topological polar surface area (TPSA) is 58.2 Å². The molecule has 1 rings (SSSR count). The lowest BCUT2D eigenvalue weighted by atomic mass is 10.1. The first-order valence-electron chi connectivity index (χ1n) is 7.24. The maximum atomic E-state index is 12.1. The molecule has 0 aliphatic heterocycles. The molecule has 0 aliphatic rings. The second-order valence-electron chi connectivity index (χ2n) is 5.29. The van der Waals surface area contributed by atoms with E-state index in [0.29, 0.717) is 16.7 Å². The SMILES string of the molecule is CCNCc1ccc(S(=O)(=O)NCCCCC(C)C)s1. The minimum absolute atomic E-state index is 0.411. The van der Waals surface area contributed by atoms with Crippen LogP contribution in [0.15, 0.2) is 16.3 Å². The Morgan fingerprint density at radius 3 is 2.65 bits per heavy atom. The molecule has 0 spiro atoms. The molecule has 0 aliphatic carbocycles. The molecule has 0 amide bonds. The molecule has 1 heterocycles. The molecule has 116 valence electrons. The molecule has 0 fully saturated rings. The fraction of sp³-hybridized carbons (Fsp3) is 0.714. The number of sulfonamides is 1. The zero-order chi connectivity index (χ0) is 15.0. The Morgan fingerprint density at radius 2 is 2.00 bits per heavy atom. The largest absolute Gasteiger partial charge is 0.312 e. The Hall–Kier alpha value is -0.430. The van der Waals surface area contributed by atoms with Crippen LogP contribution in [0.1, 0.15) is 44.9 Å². The third-order valence-electron chi connectivity index (χ3n) is 2.95. The summed E-state index contributed by atoms with van der Waals surface area (Å²) in [5.41, 5.74) is 0. The van der Waals surface area contributed by atoms with Crippen LogP contribution in [-0.2, 0) is 16.6 Å². The van der Waals surface area contributed by atoms with E-state index in [1.54, 1.807) is 6.07 Å². The van der Waals surface area contributed by atoms with Gasteiger partial charge in [-0.15, -0.1) is 11.3 Å². The van der Waals surface area contributed by atoms with Crippen molar-refractivity contribution in [2.75, 3.05) is 13.1 Å². The summed E-state index contributed by atoms with van der Waals surface area (Å²) in [4.78, 5) is 1.05. The maximum Gasteiger partial charge on any atom is 0.250 e. The van der Waals surface area contributed by atoms with Gasteiger partial charge in [0.05, 0.1) is 0 Å². The Kier molecular flexibility index (Phi) is 7.72. The fourth-order valence-corrected chi connectivity index (χ4v) is 4.25. The van der Waals surface area contributed by atoms with Gasteiger partial charge < -0.3 is 5.32 Å². The zero-order valence-electron chi connectivity index (χ0n) is 12.6. The summed E-state index contributed by atoms with van der Waals surface area (Å²) >= 11 is 1.34. The third-order valence-corrected chi connectivity index (χ3v) is 5.99. The van der Waals surface area contributed by atoms with E-state index >= 15 is 0 Å². The molecule has 0 radical (unpaired) electrons. The van der Waals surface area contributed by atoms with Crippen LogP contribution < -0.4 is 10.0 Å². The van der Waals surface area contributed by atoms with E-state index in [-0.39, 0.29) is 0 Å². The van der Waals surface area contributed by atoms with E-state index in [1.165, 1.54) is 11.3 Å². The molecule has 0 atom stereocenters. The van der Waals surface area contributed by atoms with Gasteiger partial charge in [-0.25, -0.2) is 13.1 Å². The summed E-state index contributed by atoms with van der Waals surface area (Å²) in [5.74, 6) is 0.678. The molecule has 0 unspecified atom stereocenters. The average molecular weight is 319 g/mol. The van der Waals surface area contributed by atoms with Gasteiger partial charge in [0.25, 0.3) is 0 Å². The minimum Gasteiger partial charge on any atom is -0.312 e. The Morgan fingerprint density at radius 1 is 1.25 bits per heavy atom. The van der Waals surface area contributed by atoms with E-state index in [9.17, 15) is 8.42 Å². The van der Waals surface area contributed by atoms with Crippen LogP contribution in [0, 0.1) is 5.92 Å². The molecule has 1 aromatic heterocycles. The van der Waals surface area contributed by atoms with Crippen LogP contribution in [-0.4, -0.2) is 21.5 Å². The summed E-state index contributed by atoms with van der Waals surface area (Å²) in [6.45, 7) is 8.53. The standard InChI is InChI=1S/C14H26N2O2S2/c1-4-15-11-13-8-9-14(19-13)20(17,18)16-10-6-5-7-12(2)3/h8-9,12,15-16H,4-7,10-11H2,1-3H3. The predicted molar refractivity (Wildman–Crippen MR) is 85.6 cm³/mol. The van der Waals surface area contributed by atoms with Crippen molar-refractivity contribution in [1.82, 2.24) is 10.0 Å². The molecular weight excluding hydrogens is 292 g/mol. The highest BCUT2D eigenvalue weighted by atomic mass is 32.2. The molecule has 1 aromatic rings. The van der Waals surface area contributed by atoms with E-state index in [0.717, 1.165) is 37.2 Å². The van der Waals surface area contributed by atoms with Crippen molar-refractivity contribution in [3.05, 3.63) is 17.0 Å². The van der Waals surface area contributed by atoms with Gasteiger partial charge in [0.2, 0.25) is 10.0 Å². The van der Waals surface area contributed by atoms with Gasteiger partial charge >= 0.3 is 0 Å². The normalized spacial score (nSPS) is 12.2. The Bertz CT molecular complexity index is 481. The van der Waals surface area contributed by atoms with Gasteiger partial charge in [0.1, 0.15) is 4.21 Å². The summed E-state index contributed by atoms with van der Waals surface area (Å²) in [6, 6.07) is 3.56. The minimum atomic E-state index is -3.32. The van der Waals surface area contributed by atoms with Gasteiger partial charge in [0, 0.05) is 18.0 Å². The highest BCUT2D eigenvalue weighted by Crippen LogP contribution is 2.21. The van der Waals surface area contributed by atoms with Crippen LogP contribution >= 0.6 is 11.3 Å². The maximum absolute atomic E-state index is 12.1. The summed E-state index contributed by atoms with van der Waals surface area (Å²) in [7, 11) is -3.32. The predicted octanol–water partition coefficient (Wildman–Crippen LogP) is 2.96. The van der Waals surface area contributed by atoms with Gasteiger partial charge in [-0.1, -0.05) is 33.6 Å². The van der Waals surface area contributed by atoms with Crippen LogP contribution in [0.4, 0.5) is 0 Å². The van der Waals surface area contributed by atoms with Gasteiger partial charge in [-0.2, -0.15) is 0 Å². The molecule has 0 aromatic carbocycles. The number of nitrogens with one attached hydrogen (secondary N) is 2. The van der Waals surface area contributed by atoms with Gasteiger partial charge in [-0.05, 0) is 31.0 Å². The van der Waals surface area contributed by atoms with Crippen LogP contribution in [0.2, 0.25) is 0 Å². The molecule has 0 bridgehead atoms. The van der Waals surface area contributed by atoms with Crippen molar-refractivity contribution in [2.24, 2.45) is 5.92 Å². The molecule has 0 saturated heterocycles. The molecule has 0 saturated carbocycles. The van der Waals surface area contributed by atoms with Crippen molar-refractivity contribution >= 4 is 21.4 Å². The molecular formula is C14H26N2O2S2.